The zero-order valence-corrected chi connectivity index (χ0v) is 16.9. The number of methoxy groups -OCH3 is 2. The van der Waals surface area contributed by atoms with Gasteiger partial charge in [-0.3, -0.25) is 0 Å². The van der Waals surface area contributed by atoms with Crippen molar-refractivity contribution >= 4 is 10.0 Å². The zero-order valence-electron chi connectivity index (χ0n) is 16.1. The Balaban J connectivity index is 1.89. The van der Waals surface area contributed by atoms with E-state index in [9.17, 15) is 12.8 Å². The largest absolute Gasteiger partial charge is 0.497 e. The molecule has 3 aromatic rings. The summed E-state index contributed by atoms with van der Waals surface area (Å²) in [5.41, 5.74) is 1.51. The molecule has 0 fully saturated rings. The third-order valence-corrected chi connectivity index (χ3v) is 6.99. The molecular formula is C21H21FN2O4S. The number of sulfonamides is 1. The summed E-state index contributed by atoms with van der Waals surface area (Å²) in [5.74, 6) is 0.532. The van der Waals surface area contributed by atoms with E-state index < -0.39 is 21.9 Å². The average Bonchev–Trinajstić information content (AvgIpc) is 3.21. The monoisotopic (exact) mass is 416 g/mol. The van der Waals surface area contributed by atoms with Crippen LogP contribution >= 0.6 is 0 Å². The minimum atomic E-state index is -3.95. The van der Waals surface area contributed by atoms with Crippen molar-refractivity contribution in [3.63, 3.8) is 0 Å². The number of nitrogens with zero attached hydrogens (tertiary/aromatic N) is 2. The van der Waals surface area contributed by atoms with E-state index in [4.69, 9.17) is 9.47 Å². The molecule has 0 saturated carbocycles. The van der Waals surface area contributed by atoms with Gasteiger partial charge in [0, 0.05) is 36.6 Å². The Morgan fingerprint density at radius 2 is 1.83 bits per heavy atom. The molecule has 29 heavy (non-hydrogen) atoms. The molecule has 6 nitrogen and oxygen atoms in total. The van der Waals surface area contributed by atoms with E-state index in [1.54, 1.807) is 25.3 Å². The lowest BCUT2D eigenvalue weighted by Gasteiger charge is -2.36. The van der Waals surface area contributed by atoms with E-state index in [1.165, 1.54) is 29.6 Å². The Hall–Kier alpha value is -2.84. The molecule has 0 amide bonds. The van der Waals surface area contributed by atoms with Crippen molar-refractivity contribution in [1.82, 2.24) is 8.87 Å². The number of hydrogen-bond donors (Lipinski definition) is 0. The summed E-state index contributed by atoms with van der Waals surface area (Å²) in [4.78, 5) is -0.0741. The van der Waals surface area contributed by atoms with Crippen LogP contribution in [0.1, 0.15) is 17.3 Å². The maximum atomic E-state index is 13.8. The fourth-order valence-electron chi connectivity index (χ4n) is 3.74. The first-order valence-corrected chi connectivity index (χ1v) is 10.5. The van der Waals surface area contributed by atoms with Gasteiger partial charge in [0.05, 0.1) is 25.2 Å². The van der Waals surface area contributed by atoms with E-state index in [0.717, 1.165) is 11.8 Å². The highest BCUT2D eigenvalue weighted by atomic mass is 32.2. The predicted molar refractivity (Wildman–Crippen MR) is 106 cm³/mol. The van der Waals surface area contributed by atoms with Crippen LogP contribution in [0.4, 0.5) is 4.39 Å². The molecule has 1 atom stereocenters. The molecule has 0 N–H and O–H groups in total. The lowest BCUT2D eigenvalue weighted by Crippen LogP contribution is -2.42. The van der Waals surface area contributed by atoms with Gasteiger partial charge in [-0.15, -0.1) is 0 Å². The quantitative estimate of drug-likeness (QED) is 0.639. The lowest BCUT2D eigenvalue weighted by atomic mass is 10.0. The normalized spacial score (nSPS) is 17.0. The second kappa shape index (κ2) is 7.53. The van der Waals surface area contributed by atoms with Gasteiger partial charge in [-0.05, 0) is 42.5 Å². The SMILES string of the molecule is COc1ccc(C2c3cccn3CCN2S(=O)(=O)c2cccc(F)c2)c(OC)c1. The van der Waals surface area contributed by atoms with Gasteiger partial charge >= 0.3 is 0 Å². The summed E-state index contributed by atoms with van der Waals surface area (Å²) in [6.07, 6.45) is 1.92. The third kappa shape index (κ3) is 3.38. The first-order valence-electron chi connectivity index (χ1n) is 9.10. The maximum Gasteiger partial charge on any atom is 0.244 e. The second-order valence-electron chi connectivity index (χ2n) is 6.71. The lowest BCUT2D eigenvalue weighted by molar-refractivity contribution is 0.290. The molecule has 0 radical (unpaired) electrons. The summed E-state index contributed by atoms with van der Waals surface area (Å²) < 4.78 is 54.9. The van der Waals surface area contributed by atoms with Crippen LogP contribution in [-0.2, 0) is 16.6 Å². The van der Waals surface area contributed by atoms with Crippen LogP contribution in [0.2, 0.25) is 0 Å². The summed E-state index contributed by atoms with van der Waals surface area (Å²) in [7, 11) is -0.860. The molecule has 0 spiro atoms. The Morgan fingerprint density at radius 3 is 2.55 bits per heavy atom. The fourth-order valence-corrected chi connectivity index (χ4v) is 5.35. The second-order valence-corrected chi connectivity index (χ2v) is 8.60. The molecule has 0 aliphatic carbocycles. The molecular weight excluding hydrogens is 395 g/mol. The number of halogens is 1. The Bertz CT molecular complexity index is 1140. The van der Waals surface area contributed by atoms with E-state index in [-0.39, 0.29) is 11.4 Å². The van der Waals surface area contributed by atoms with Crippen LogP contribution in [0.5, 0.6) is 11.5 Å². The topological polar surface area (TPSA) is 60.8 Å². The van der Waals surface area contributed by atoms with Crippen molar-refractivity contribution in [3.05, 3.63) is 77.9 Å². The van der Waals surface area contributed by atoms with Gasteiger partial charge in [0.15, 0.2) is 0 Å². The van der Waals surface area contributed by atoms with E-state index >= 15 is 0 Å². The predicted octanol–water partition coefficient (Wildman–Crippen LogP) is 3.44. The molecule has 1 aromatic heterocycles. The van der Waals surface area contributed by atoms with E-state index in [1.807, 2.05) is 22.9 Å². The highest BCUT2D eigenvalue weighted by Crippen LogP contribution is 2.41. The molecule has 0 bridgehead atoms. The molecule has 2 aromatic carbocycles. The van der Waals surface area contributed by atoms with Crippen LogP contribution in [0, 0.1) is 5.82 Å². The van der Waals surface area contributed by atoms with Crippen molar-refractivity contribution in [2.45, 2.75) is 17.5 Å². The standard InChI is InChI=1S/C21H21FN2O4S/c1-27-16-8-9-18(20(14-16)28-2)21-19-7-4-10-23(19)11-12-24(21)29(25,26)17-6-3-5-15(22)13-17/h3-10,13-14,21H,11-12H2,1-2H3. The summed E-state index contributed by atoms with van der Waals surface area (Å²) >= 11 is 0. The van der Waals surface area contributed by atoms with Crippen LogP contribution in [0.25, 0.3) is 0 Å². The number of hydrogen-bond acceptors (Lipinski definition) is 4. The summed E-state index contributed by atoms with van der Waals surface area (Å²) in [6, 6.07) is 13.5. The van der Waals surface area contributed by atoms with Gasteiger partial charge in [0.2, 0.25) is 10.0 Å². The minimum absolute atomic E-state index is 0.0741. The first kappa shape index (κ1) is 19.5. The van der Waals surface area contributed by atoms with Gasteiger partial charge in [-0.25, -0.2) is 12.8 Å². The molecule has 2 heterocycles. The minimum Gasteiger partial charge on any atom is -0.497 e. The van der Waals surface area contributed by atoms with Gasteiger partial charge < -0.3 is 14.0 Å². The van der Waals surface area contributed by atoms with Crippen molar-refractivity contribution in [2.75, 3.05) is 20.8 Å². The van der Waals surface area contributed by atoms with E-state index in [0.29, 0.717) is 23.6 Å². The van der Waals surface area contributed by atoms with Crippen LogP contribution in [-0.4, -0.2) is 38.1 Å². The first-order chi connectivity index (χ1) is 14.0. The van der Waals surface area contributed by atoms with Gasteiger partial charge in [-0.1, -0.05) is 6.07 Å². The molecule has 8 heteroatoms. The molecule has 1 unspecified atom stereocenters. The number of rotatable bonds is 5. The highest BCUT2D eigenvalue weighted by molar-refractivity contribution is 7.89. The number of benzene rings is 2. The van der Waals surface area contributed by atoms with Crippen LogP contribution in [0.15, 0.2) is 65.7 Å². The average molecular weight is 416 g/mol. The van der Waals surface area contributed by atoms with Crippen molar-refractivity contribution in [3.8, 4) is 11.5 Å². The van der Waals surface area contributed by atoms with Crippen molar-refractivity contribution in [1.29, 1.82) is 0 Å². The summed E-state index contributed by atoms with van der Waals surface area (Å²) in [6.45, 7) is 0.756. The Kier molecular flexibility index (Phi) is 5.06. The van der Waals surface area contributed by atoms with Gasteiger partial charge in [0.25, 0.3) is 0 Å². The third-order valence-electron chi connectivity index (χ3n) is 5.13. The van der Waals surface area contributed by atoms with Gasteiger partial charge in [0.1, 0.15) is 17.3 Å². The molecule has 0 saturated heterocycles. The van der Waals surface area contributed by atoms with Crippen LogP contribution < -0.4 is 9.47 Å². The van der Waals surface area contributed by atoms with E-state index in [2.05, 4.69) is 0 Å². The Labute approximate surface area is 169 Å². The number of fused-ring (bicyclic) bond motifs is 1. The number of aromatic nitrogens is 1. The zero-order chi connectivity index (χ0) is 20.6. The van der Waals surface area contributed by atoms with Gasteiger partial charge in [-0.2, -0.15) is 4.31 Å². The van der Waals surface area contributed by atoms with Crippen molar-refractivity contribution < 1.29 is 22.3 Å². The maximum absolute atomic E-state index is 13.8. The Morgan fingerprint density at radius 1 is 1.00 bits per heavy atom. The van der Waals surface area contributed by atoms with Crippen molar-refractivity contribution in [2.24, 2.45) is 0 Å². The molecule has 152 valence electrons. The fraction of sp³-hybridized carbons (Fsp3) is 0.238. The summed E-state index contributed by atoms with van der Waals surface area (Å²) in [5, 5.41) is 0. The molecule has 1 aliphatic heterocycles. The highest BCUT2D eigenvalue weighted by Gasteiger charge is 2.39. The number of ether oxygens (including phenoxy) is 2. The molecule has 4 rings (SSSR count). The molecule has 1 aliphatic rings. The van der Waals surface area contributed by atoms with Crippen LogP contribution in [0.3, 0.4) is 0 Å². The smallest absolute Gasteiger partial charge is 0.244 e.